The van der Waals surface area contributed by atoms with Crippen LogP contribution in [0.3, 0.4) is 0 Å². The summed E-state index contributed by atoms with van der Waals surface area (Å²) in [5.74, 6) is 0. The number of ether oxygens (including phenoxy) is 2. The number of hydrogen-bond acceptors (Lipinski definition) is 3. The summed E-state index contributed by atoms with van der Waals surface area (Å²) < 4.78 is 10.7. The van der Waals surface area contributed by atoms with Crippen LogP contribution in [-0.2, 0) is 14.3 Å². The van der Waals surface area contributed by atoms with Gasteiger partial charge in [0.15, 0.2) is 6.29 Å². The van der Waals surface area contributed by atoms with Crippen LogP contribution in [-0.4, -0.2) is 25.3 Å². The van der Waals surface area contributed by atoms with Crippen LogP contribution in [0.4, 0.5) is 0 Å². The van der Waals surface area contributed by atoms with Gasteiger partial charge in [-0.1, -0.05) is 31.9 Å². The molecule has 0 N–H and O–H groups in total. The molecule has 3 heteroatoms. The largest absolute Gasteiger partial charge is 0.353 e. The topological polar surface area (TPSA) is 35.5 Å². The van der Waals surface area contributed by atoms with Gasteiger partial charge in [0, 0.05) is 6.61 Å². The van der Waals surface area contributed by atoms with Crippen molar-refractivity contribution >= 4 is 6.29 Å². The molecule has 0 aliphatic heterocycles. The highest BCUT2D eigenvalue weighted by Gasteiger charge is 2.10. The van der Waals surface area contributed by atoms with Crippen LogP contribution in [0, 0.1) is 0 Å². The molecule has 0 radical (unpaired) electrons. The van der Waals surface area contributed by atoms with E-state index in [4.69, 9.17) is 9.47 Å². The van der Waals surface area contributed by atoms with Crippen molar-refractivity contribution in [3.8, 4) is 0 Å². The van der Waals surface area contributed by atoms with E-state index in [9.17, 15) is 4.79 Å². The molecule has 0 heterocycles. The van der Waals surface area contributed by atoms with Crippen molar-refractivity contribution in [3.63, 3.8) is 0 Å². The Kier molecular flexibility index (Phi) is 11.3. The van der Waals surface area contributed by atoms with Gasteiger partial charge in [0.2, 0.25) is 0 Å². The zero-order chi connectivity index (χ0) is 12.9. The maximum absolute atomic E-state index is 10.8. The number of rotatable bonds is 11. The zero-order valence-corrected chi connectivity index (χ0v) is 11.4. The molecule has 0 aromatic heterocycles. The third kappa shape index (κ3) is 10.2. The Morgan fingerprint density at radius 2 is 1.94 bits per heavy atom. The number of carbonyl (C=O) groups excluding carboxylic acids is 1. The first-order valence-electron chi connectivity index (χ1n) is 6.61. The average Bonchev–Trinajstić information content (AvgIpc) is 2.32. The number of allylic oxidation sites excluding steroid dienone is 1. The van der Waals surface area contributed by atoms with Crippen LogP contribution >= 0.6 is 0 Å². The Labute approximate surface area is 105 Å². The molecule has 0 saturated carbocycles. The van der Waals surface area contributed by atoms with Gasteiger partial charge in [-0.3, -0.25) is 0 Å². The van der Waals surface area contributed by atoms with Gasteiger partial charge in [0.05, 0.1) is 0 Å². The van der Waals surface area contributed by atoms with Gasteiger partial charge in [-0.25, -0.2) is 0 Å². The lowest BCUT2D eigenvalue weighted by atomic mass is 10.2. The van der Waals surface area contributed by atoms with Gasteiger partial charge in [-0.05, 0) is 33.1 Å². The molecule has 0 rings (SSSR count). The quantitative estimate of drug-likeness (QED) is 0.241. The molecule has 0 spiro atoms. The van der Waals surface area contributed by atoms with E-state index in [-0.39, 0.29) is 12.4 Å². The van der Waals surface area contributed by atoms with E-state index >= 15 is 0 Å². The fraction of sp³-hybridized carbons (Fsp3) is 0.786. The second kappa shape index (κ2) is 11.8. The number of hydrogen-bond donors (Lipinski definition) is 0. The van der Waals surface area contributed by atoms with E-state index in [0.29, 0.717) is 13.0 Å². The van der Waals surface area contributed by atoms with Crippen molar-refractivity contribution in [3.05, 3.63) is 12.2 Å². The third-order valence-electron chi connectivity index (χ3n) is 2.43. The van der Waals surface area contributed by atoms with Crippen molar-refractivity contribution in [1.82, 2.24) is 0 Å². The molecule has 2 atom stereocenters. The predicted molar refractivity (Wildman–Crippen MR) is 69.9 cm³/mol. The van der Waals surface area contributed by atoms with E-state index in [1.54, 1.807) is 0 Å². The first kappa shape index (κ1) is 16.3. The molecule has 0 aromatic rings. The molecule has 0 aliphatic carbocycles. The van der Waals surface area contributed by atoms with Crippen molar-refractivity contribution < 1.29 is 14.3 Å². The summed E-state index contributed by atoms with van der Waals surface area (Å²) in [6.45, 7) is 6.50. The van der Waals surface area contributed by atoms with Crippen molar-refractivity contribution in [2.45, 2.75) is 65.3 Å². The van der Waals surface area contributed by atoms with E-state index < -0.39 is 0 Å². The van der Waals surface area contributed by atoms with Crippen LogP contribution in [0.5, 0.6) is 0 Å². The summed E-state index contributed by atoms with van der Waals surface area (Å²) in [7, 11) is 0. The zero-order valence-electron chi connectivity index (χ0n) is 11.4. The van der Waals surface area contributed by atoms with Crippen LogP contribution in [0.2, 0.25) is 0 Å². The second-order valence-electron chi connectivity index (χ2n) is 4.04. The van der Waals surface area contributed by atoms with Gasteiger partial charge in [-0.15, -0.1) is 0 Å². The summed E-state index contributed by atoms with van der Waals surface area (Å²) in [5, 5.41) is 0. The lowest BCUT2D eigenvalue weighted by molar-refractivity contribution is -0.161. The van der Waals surface area contributed by atoms with E-state index in [2.05, 4.69) is 13.0 Å². The molecule has 100 valence electrons. The second-order valence-corrected chi connectivity index (χ2v) is 4.04. The normalized spacial score (nSPS) is 15.0. The fourth-order valence-corrected chi connectivity index (χ4v) is 1.52. The molecule has 0 aliphatic rings. The van der Waals surface area contributed by atoms with E-state index in [1.165, 1.54) is 19.3 Å². The standard InChI is InChI=1S/C14H26O3/c1-4-6-7-8-9-10-11-14(12-15)17-13(3)16-5-2/h9-10,12-14H,4-8,11H2,1-3H3/b10-9-/t13?,14-/m0/s1. The minimum absolute atomic E-state index is 0.316. The molecule has 0 saturated heterocycles. The maximum atomic E-state index is 10.8. The highest BCUT2D eigenvalue weighted by molar-refractivity contribution is 5.56. The van der Waals surface area contributed by atoms with Crippen molar-refractivity contribution in [2.75, 3.05) is 6.61 Å². The van der Waals surface area contributed by atoms with Crippen molar-refractivity contribution in [1.29, 1.82) is 0 Å². The molecule has 0 bridgehead atoms. The minimum Gasteiger partial charge on any atom is -0.353 e. The third-order valence-corrected chi connectivity index (χ3v) is 2.43. The first-order valence-corrected chi connectivity index (χ1v) is 6.61. The lowest BCUT2D eigenvalue weighted by Crippen LogP contribution is -2.22. The monoisotopic (exact) mass is 242 g/mol. The molecule has 0 amide bonds. The Balaban J connectivity index is 3.69. The van der Waals surface area contributed by atoms with Gasteiger partial charge < -0.3 is 14.3 Å². The number of carbonyl (C=O) groups is 1. The molecule has 3 nitrogen and oxygen atoms in total. The van der Waals surface area contributed by atoms with Crippen LogP contribution < -0.4 is 0 Å². The van der Waals surface area contributed by atoms with E-state index in [0.717, 1.165) is 12.7 Å². The van der Waals surface area contributed by atoms with E-state index in [1.807, 2.05) is 19.9 Å². The average molecular weight is 242 g/mol. The van der Waals surface area contributed by atoms with Crippen LogP contribution in [0.25, 0.3) is 0 Å². The Bertz CT molecular complexity index is 202. The van der Waals surface area contributed by atoms with Crippen LogP contribution in [0.15, 0.2) is 12.2 Å². The Morgan fingerprint density at radius 3 is 2.53 bits per heavy atom. The SMILES string of the molecule is CCCCC/C=C\C[C@@H](C=O)OC(C)OCC. The molecule has 17 heavy (non-hydrogen) atoms. The Morgan fingerprint density at radius 1 is 1.18 bits per heavy atom. The summed E-state index contributed by atoms with van der Waals surface area (Å²) in [6.07, 6.45) is 9.71. The minimum atomic E-state index is -0.390. The first-order chi connectivity index (χ1) is 8.24. The molecular formula is C14H26O3. The summed E-state index contributed by atoms with van der Waals surface area (Å²) in [6, 6.07) is 0. The highest BCUT2D eigenvalue weighted by Crippen LogP contribution is 2.05. The van der Waals surface area contributed by atoms with Crippen molar-refractivity contribution in [2.24, 2.45) is 0 Å². The molecule has 0 fully saturated rings. The summed E-state index contributed by atoms with van der Waals surface area (Å²) in [5.41, 5.74) is 0. The summed E-state index contributed by atoms with van der Waals surface area (Å²) in [4.78, 5) is 10.8. The number of unbranched alkanes of at least 4 members (excludes halogenated alkanes) is 3. The molecule has 1 unspecified atom stereocenters. The predicted octanol–water partition coefficient (Wildman–Crippen LogP) is 3.48. The van der Waals surface area contributed by atoms with Crippen LogP contribution in [0.1, 0.15) is 52.9 Å². The summed E-state index contributed by atoms with van der Waals surface area (Å²) >= 11 is 0. The van der Waals surface area contributed by atoms with Gasteiger partial charge in [-0.2, -0.15) is 0 Å². The highest BCUT2D eigenvalue weighted by atomic mass is 16.7. The van der Waals surface area contributed by atoms with Gasteiger partial charge in [0.1, 0.15) is 12.4 Å². The van der Waals surface area contributed by atoms with Gasteiger partial charge in [0.25, 0.3) is 0 Å². The Hall–Kier alpha value is -0.670. The lowest BCUT2D eigenvalue weighted by Gasteiger charge is -2.16. The fourth-order valence-electron chi connectivity index (χ4n) is 1.52. The van der Waals surface area contributed by atoms with Gasteiger partial charge >= 0.3 is 0 Å². The molecule has 0 aromatic carbocycles. The molecular weight excluding hydrogens is 216 g/mol. The number of aldehydes is 1. The maximum Gasteiger partial charge on any atom is 0.155 e. The smallest absolute Gasteiger partial charge is 0.155 e.